The molecule has 0 aliphatic carbocycles. The SMILES string of the molecule is O=C1CC[C@@H](N2C(=O)[C@@H]3[C@H](C2=O)[C@H]2CC[C@H]3O2)C(=O)O1. The molecule has 106 valence electrons. The van der Waals surface area contributed by atoms with E-state index in [1.54, 1.807) is 0 Å². The second-order valence-corrected chi connectivity index (χ2v) is 5.74. The molecule has 0 radical (unpaired) electrons. The van der Waals surface area contributed by atoms with E-state index < -0.39 is 29.8 Å². The zero-order valence-corrected chi connectivity index (χ0v) is 10.6. The maximum Gasteiger partial charge on any atom is 0.337 e. The molecule has 2 bridgehead atoms. The number of cyclic esters (lactones) is 2. The number of hydrogen-bond donors (Lipinski definition) is 0. The fourth-order valence-electron chi connectivity index (χ4n) is 3.88. The van der Waals surface area contributed by atoms with E-state index in [4.69, 9.17) is 4.74 Å². The van der Waals surface area contributed by atoms with E-state index in [0.29, 0.717) is 0 Å². The van der Waals surface area contributed by atoms with Gasteiger partial charge in [0.05, 0.1) is 24.0 Å². The number of fused-ring (bicyclic) bond motifs is 5. The number of carbonyl (C=O) groups excluding carboxylic acids is 4. The van der Waals surface area contributed by atoms with Crippen LogP contribution in [0.3, 0.4) is 0 Å². The van der Waals surface area contributed by atoms with Crippen LogP contribution in [0.5, 0.6) is 0 Å². The predicted octanol–water partition coefficient (Wildman–Crippen LogP) is -0.619. The van der Waals surface area contributed by atoms with Crippen LogP contribution in [0.4, 0.5) is 0 Å². The lowest BCUT2D eigenvalue weighted by molar-refractivity contribution is -0.173. The zero-order valence-electron chi connectivity index (χ0n) is 10.6. The van der Waals surface area contributed by atoms with Gasteiger partial charge < -0.3 is 9.47 Å². The van der Waals surface area contributed by atoms with Gasteiger partial charge in [0.2, 0.25) is 11.8 Å². The van der Waals surface area contributed by atoms with Crippen molar-refractivity contribution in [2.45, 2.75) is 43.9 Å². The van der Waals surface area contributed by atoms with Gasteiger partial charge in [-0.3, -0.25) is 19.3 Å². The van der Waals surface area contributed by atoms with E-state index in [2.05, 4.69) is 4.74 Å². The third-order valence-electron chi connectivity index (χ3n) is 4.74. The molecule has 0 spiro atoms. The van der Waals surface area contributed by atoms with Gasteiger partial charge in [-0.25, -0.2) is 4.79 Å². The number of imide groups is 1. The zero-order chi connectivity index (χ0) is 14.0. The van der Waals surface area contributed by atoms with Crippen molar-refractivity contribution < 1.29 is 28.7 Å². The van der Waals surface area contributed by atoms with Gasteiger partial charge in [-0.05, 0) is 19.3 Å². The Morgan fingerprint density at radius 2 is 1.50 bits per heavy atom. The standard InChI is InChI=1S/C13H13NO6/c15-8-4-1-5(13(18)20-8)14-11(16)9-6-2-3-7(19-6)10(9)12(14)17/h5-7,9-10H,1-4H2/t5-,6-,7-,9-,10+/m1/s1. The van der Waals surface area contributed by atoms with Gasteiger partial charge in [-0.2, -0.15) is 0 Å². The third kappa shape index (κ3) is 1.38. The second-order valence-electron chi connectivity index (χ2n) is 5.74. The largest absolute Gasteiger partial charge is 0.392 e. The lowest BCUT2D eigenvalue weighted by Crippen LogP contribution is -2.50. The molecule has 2 amide bonds. The summed E-state index contributed by atoms with van der Waals surface area (Å²) in [7, 11) is 0. The van der Waals surface area contributed by atoms with Crippen molar-refractivity contribution in [1.29, 1.82) is 0 Å². The molecule has 4 aliphatic rings. The van der Waals surface area contributed by atoms with Crippen molar-refractivity contribution in [3.8, 4) is 0 Å². The van der Waals surface area contributed by atoms with E-state index in [0.717, 1.165) is 17.7 Å². The lowest BCUT2D eigenvalue weighted by Gasteiger charge is -2.28. The molecule has 0 unspecified atom stereocenters. The normalized spacial score (nSPS) is 43.2. The Bertz CT molecular complexity index is 515. The summed E-state index contributed by atoms with van der Waals surface area (Å²) in [4.78, 5) is 48.7. The Hall–Kier alpha value is -1.76. The molecule has 4 heterocycles. The van der Waals surface area contributed by atoms with Crippen LogP contribution in [0, 0.1) is 11.8 Å². The summed E-state index contributed by atoms with van der Waals surface area (Å²) < 4.78 is 10.2. The maximum atomic E-state index is 12.4. The van der Waals surface area contributed by atoms with Crippen molar-refractivity contribution in [2.75, 3.05) is 0 Å². The van der Waals surface area contributed by atoms with E-state index in [9.17, 15) is 19.2 Å². The van der Waals surface area contributed by atoms with Gasteiger partial charge in [0.15, 0.2) is 0 Å². The molecule has 0 aromatic carbocycles. The van der Waals surface area contributed by atoms with Crippen molar-refractivity contribution in [2.24, 2.45) is 11.8 Å². The molecule has 4 rings (SSSR count). The molecule has 4 fully saturated rings. The predicted molar refractivity (Wildman–Crippen MR) is 60.8 cm³/mol. The number of ether oxygens (including phenoxy) is 2. The molecule has 7 heteroatoms. The molecular weight excluding hydrogens is 266 g/mol. The van der Waals surface area contributed by atoms with Gasteiger partial charge >= 0.3 is 11.9 Å². The smallest absolute Gasteiger partial charge is 0.337 e. The number of nitrogens with zero attached hydrogens (tertiary/aromatic N) is 1. The van der Waals surface area contributed by atoms with Gasteiger partial charge in [0.25, 0.3) is 0 Å². The highest BCUT2D eigenvalue weighted by molar-refractivity contribution is 6.09. The van der Waals surface area contributed by atoms with Crippen LogP contribution in [-0.2, 0) is 28.7 Å². The van der Waals surface area contributed by atoms with Crippen LogP contribution in [0.15, 0.2) is 0 Å². The molecule has 0 aromatic heterocycles. The number of carbonyl (C=O) groups is 4. The van der Waals surface area contributed by atoms with Crippen molar-refractivity contribution in [3.05, 3.63) is 0 Å². The first-order chi connectivity index (χ1) is 9.58. The summed E-state index contributed by atoms with van der Waals surface area (Å²) in [6.45, 7) is 0. The van der Waals surface area contributed by atoms with E-state index in [1.807, 2.05) is 0 Å². The summed E-state index contributed by atoms with van der Waals surface area (Å²) in [5.74, 6) is -2.99. The summed E-state index contributed by atoms with van der Waals surface area (Å²) in [6.07, 6.45) is 1.37. The highest BCUT2D eigenvalue weighted by atomic mass is 16.6. The molecule has 0 N–H and O–H groups in total. The topological polar surface area (TPSA) is 90.0 Å². The number of amides is 2. The third-order valence-corrected chi connectivity index (χ3v) is 4.74. The van der Waals surface area contributed by atoms with Crippen molar-refractivity contribution >= 4 is 23.8 Å². The Kier molecular flexibility index (Phi) is 2.33. The number of esters is 2. The summed E-state index contributed by atoms with van der Waals surface area (Å²) in [6, 6.07) is -0.947. The Labute approximate surface area is 114 Å². The monoisotopic (exact) mass is 279 g/mol. The van der Waals surface area contributed by atoms with Crippen molar-refractivity contribution in [1.82, 2.24) is 4.90 Å². The van der Waals surface area contributed by atoms with Crippen LogP contribution in [0.1, 0.15) is 25.7 Å². The Morgan fingerprint density at radius 1 is 0.900 bits per heavy atom. The molecule has 4 aliphatic heterocycles. The molecule has 7 nitrogen and oxygen atoms in total. The van der Waals surface area contributed by atoms with Crippen LogP contribution in [-0.4, -0.2) is 46.9 Å². The summed E-state index contributed by atoms with van der Waals surface area (Å²) in [5, 5.41) is 0. The van der Waals surface area contributed by atoms with E-state index >= 15 is 0 Å². The van der Waals surface area contributed by atoms with Gasteiger partial charge in [-0.15, -0.1) is 0 Å². The molecule has 0 aromatic rings. The van der Waals surface area contributed by atoms with Crippen LogP contribution >= 0.6 is 0 Å². The lowest BCUT2D eigenvalue weighted by atomic mass is 9.81. The summed E-state index contributed by atoms with van der Waals surface area (Å²) in [5.41, 5.74) is 0. The fourth-order valence-corrected chi connectivity index (χ4v) is 3.88. The quantitative estimate of drug-likeness (QED) is 0.361. The summed E-state index contributed by atoms with van der Waals surface area (Å²) >= 11 is 0. The average Bonchev–Trinajstić information content (AvgIpc) is 3.06. The maximum absolute atomic E-state index is 12.4. The van der Waals surface area contributed by atoms with E-state index in [-0.39, 0.29) is 36.9 Å². The average molecular weight is 279 g/mol. The molecule has 20 heavy (non-hydrogen) atoms. The van der Waals surface area contributed by atoms with Crippen molar-refractivity contribution in [3.63, 3.8) is 0 Å². The first-order valence-corrected chi connectivity index (χ1v) is 6.85. The Morgan fingerprint density at radius 3 is 2.05 bits per heavy atom. The highest BCUT2D eigenvalue weighted by Crippen LogP contribution is 2.49. The van der Waals surface area contributed by atoms with Gasteiger partial charge in [0, 0.05) is 6.42 Å². The van der Waals surface area contributed by atoms with Gasteiger partial charge in [0.1, 0.15) is 6.04 Å². The molecule has 4 saturated heterocycles. The molecule has 5 atom stereocenters. The minimum Gasteiger partial charge on any atom is -0.392 e. The van der Waals surface area contributed by atoms with Gasteiger partial charge in [-0.1, -0.05) is 0 Å². The van der Waals surface area contributed by atoms with Crippen LogP contribution in [0.2, 0.25) is 0 Å². The number of hydrogen-bond acceptors (Lipinski definition) is 6. The first-order valence-electron chi connectivity index (χ1n) is 6.85. The van der Waals surface area contributed by atoms with Crippen LogP contribution in [0.25, 0.3) is 0 Å². The van der Waals surface area contributed by atoms with E-state index in [1.165, 1.54) is 0 Å². The Balaban J connectivity index is 1.64. The first kappa shape index (κ1) is 12.0. The molecule has 0 saturated carbocycles. The fraction of sp³-hybridized carbons (Fsp3) is 0.692. The van der Waals surface area contributed by atoms with Crippen LogP contribution < -0.4 is 0 Å². The number of rotatable bonds is 1. The number of likely N-dealkylation sites (tertiary alicyclic amines) is 1. The highest BCUT2D eigenvalue weighted by Gasteiger charge is 2.64. The molecular formula is C13H13NO6. The minimum atomic E-state index is -0.947. The second kappa shape index (κ2) is 3.88. The minimum absolute atomic E-state index is 0.0478.